The zero-order valence-corrected chi connectivity index (χ0v) is 18.4. The van der Waals surface area contributed by atoms with Gasteiger partial charge in [-0.25, -0.2) is 9.59 Å². The fourth-order valence-electron chi connectivity index (χ4n) is 3.37. The SMILES string of the molecule is CCCc1ccc2c(c1O)SCC(N(CCC)CCC)C2.O=C(O)/C=C/C(=O)O. The van der Waals surface area contributed by atoms with Crippen LogP contribution in [-0.2, 0) is 22.4 Å². The van der Waals surface area contributed by atoms with Gasteiger partial charge >= 0.3 is 11.9 Å². The fraction of sp³-hybridized carbons (Fsp3) is 0.545. The van der Waals surface area contributed by atoms with E-state index in [2.05, 4.69) is 37.8 Å². The van der Waals surface area contributed by atoms with E-state index < -0.39 is 11.9 Å². The molecule has 162 valence electrons. The fourth-order valence-corrected chi connectivity index (χ4v) is 4.66. The monoisotopic (exact) mass is 423 g/mol. The predicted molar refractivity (Wildman–Crippen MR) is 117 cm³/mol. The van der Waals surface area contributed by atoms with E-state index in [0.717, 1.165) is 35.5 Å². The number of hydrogen-bond donors (Lipinski definition) is 3. The van der Waals surface area contributed by atoms with Crippen molar-refractivity contribution in [3.8, 4) is 5.75 Å². The van der Waals surface area contributed by atoms with Crippen molar-refractivity contribution in [2.24, 2.45) is 0 Å². The molecule has 2 rings (SSSR count). The average molecular weight is 424 g/mol. The highest BCUT2D eigenvalue weighted by Gasteiger charge is 2.26. The number of carbonyl (C=O) groups is 2. The number of fused-ring (bicyclic) bond motifs is 1. The molecule has 1 unspecified atom stereocenters. The number of aryl methyl sites for hydroxylation is 1. The van der Waals surface area contributed by atoms with Crippen molar-refractivity contribution in [1.29, 1.82) is 0 Å². The number of hydrogen-bond acceptors (Lipinski definition) is 5. The highest BCUT2D eigenvalue weighted by atomic mass is 32.2. The molecule has 0 radical (unpaired) electrons. The molecule has 0 spiro atoms. The van der Waals surface area contributed by atoms with Gasteiger partial charge in [0.2, 0.25) is 0 Å². The molecule has 1 aliphatic rings. The molecule has 1 aliphatic heterocycles. The summed E-state index contributed by atoms with van der Waals surface area (Å²) in [6, 6.07) is 5.00. The van der Waals surface area contributed by atoms with Gasteiger partial charge in [0.1, 0.15) is 5.75 Å². The first-order valence-corrected chi connectivity index (χ1v) is 11.2. The summed E-state index contributed by atoms with van der Waals surface area (Å²) in [6.07, 6.45) is 6.69. The average Bonchev–Trinajstić information content (AvgIpc) is 2.69. The maximum Gasteiger partial charge on any atom is 0.328 e. The summed E-state index contributed by atoms with van der Waals surface area (Å²) < 4.78 is 0. The second-order valence-corrected chi connectivity index (χ2v) is 8.06. The van der Waals surface area contributed by atoms with Crippen LogP contribution in [0.4, 0.5) is 0 Å². The number of rotatable bonds is 9. The number of thioether (sulfide) groups is 1. The Morgan fingerprint density at radius 2 is 1.66 bits per heavy atom. The molecule has 0 saturated heterocycles. The Morgan fingerprint density at radius 1 is 1.07 bits per heavy atom. The molecule has 1 aromatic carbocycles. The third-order valence-electron chi connectivity index (χ3n) is 4.60. The summed E-state index contributed by atoms with van der Waals surface area (Å²) in [5.41, 5.74) is 2.45. The van der Waals surface area contributed by atoms with E-state index >= 15 is 0 Å². The van der Waals surface area contributed by atoms with E-state index in [9.17, 15) is 14.7 Å². The molecule has 0 fully saturated rings. The number of phenols is 1. The molecular formula is C22H33NO5S. The molecule has 1 heterocycles. The molecule has 0 aliphatic carbocycles. The minimum Gasteiger partial charge on any atom is -0.506 e. The van der Waals surface area contributed by atoms with Gasteiger partial charge in [0.25, 0.3) is 0 Å². The standard InChI is InChI=1S/C18H29NOS.C4H4O4/c1-4-7-14-8-9-15-12-16(13-21-18(15)17(14)20)19(10-5-2)11-6-3;5-3(6)1-2-4(7)8/h8-9,16,20H,4-7,10-13H2,1-3H3;1-2H,(H,5,6)(H,7,8)/b;2-1+. The third-order valence-corrected chi connectivity index (χ3v) is 5.89. The van der Waals surface area contributed by atoms with Crippen molar-refractivity contribution in [3.63, 3.8) is 0 Å². The lowest BCUT2D eigenvalue weighted by atomic mass is 10.00. The first kappa shape index (κ1) is 25.0. The van der Waals surface area contributed by atoms with Gasteiger partial charge in [0.15, 0.2) is 0 Å². The van der Waals surface area contributed by atoms with Crippen molar-refractivity contribution in [3.05, 3.63) is 35.4 Å². The largest absolute Gasteiger partial charge is 0.506 e. The van der Waals surface area contributed by atoms with Crippen LogP contribution in [0.2, 0.25) is 0 Å². The Hall–Kier alpha value is -1.99. The zero-order valence-electron chi connectivity index (χ0n) is 17.6. The number of nitrogens with zero attached hydrogens (tertiary/aromatic N) is 1. The maximum absolute atomic E-state index is 10.5. The summed E-state index contributed by atoms with van der Waals surface area (Å²) in [6.45, 7) is 9.06. The van der Waals surface area contributed by atoms with Gasteiger partial charge in [0, 0.05) is 23.9 Å². The summed E-state index contributed by atoms with van der Waals surface area (Å²) in [5, 5.41) is 26.1. The van der Waals surface area contributed by atoms with E-state index in [1.807, 2.05) is 11.8 Å². The quantitative estimate of drug-likeness (QED) is 0.512. The van der Waals surface area contributed by atoms with Crippen molar-refractivity contribution < 1.29 is 24.9 Å². The predicted octanol–water partition coefficient (Wildman–Crippen LogP) is 4.20. The smallest absolute Gasteiger partial charge is 0.328 e. The van der Waals surface area contributed by atoms with Crippen LogP contribution in [0.15, 0.2) is 29.2 Å². The van der Waals surface area contributed by atoms with E-state index in [-0.39, 0.29) is 0 Å². The molecule has 1 atom stereocenters. The lowest BCUT2D eigenvalue weighted by Crippen LogP contribution is -2.41. The van der Waals surface area contributed by atoms with Crippen LogP contribution >= 0.6 is 11.8 Å². The molecule has 6 nitrogen and oxygen atoms in total. The van der Waals surface area contributed by atoms with Gasteiger partial charge in [-0.1, -0.05) is 39.3 Å². The topological polar surface area (TPSA) is 98.1 Å². The van der Waals surface area contributed by atoms with Crippen LogP contribution in [0, 0.1) is 0 Å². The van der Waals surface area contributed by atoms with Crippen LogP contribution < -0.4 is 0 Å². The van der Waals surface area contributed by atoms with Gasteiger partial charge in [-0.15, -0.1) is 11.8 Å². The van der Waals surface area contributed by atoms with E-state index in [4.69, 9.17) is 10.2 Å². The van der Waals surface area contributed by atoms with E-state index in [1.54, 1.807) is 0 Å². The Morgan fingerprint density at radius 3 is 2.14 bits per heavy atom. The molecule has 0 saturated carbocycles. The summed E-state index contributed by atoms with van der Waals surface area (Å²) in [5.74, 6) is -0.856. The van der Waals surface area contributed by atoms with Gasteiger partial charge in [-0.05, 0) is 49.9 Å². The number of aromatic hydroxyl groups is 1. The summed E-state index contributed by atoms with van der Waals surface area (Å²) >= 11 is 1.85. The highest BCUT2D eigenvalue weighted by Crippen LogP contribution is 2.40. The second-order valence-electron chi connectivity index (χ2n) is 7.03. The highest BCUT2D eigenvalue weighted by molar-refractivity contribution is 7.99. The van der Waals surface area contributed by atoms with Crippen LogP contribution in [-0.4, -0.2) is 57.0 Å². The van der Waals surface area contributed by atoms with E-state index in [0.29, 0.717) is 23.9 Å². The Balaban J connectivity index is 0.000000447. The summed E-state index contributed by atoms with van der Waals surface area (Å²) in [4.78, 5) is 22.9. The third kappa shape index (κ3) is 8.50. The normalized spacial score (nSPS) is 15.7. The second kappa shape index (κ2) is 13.3. The van der Waals surface area contributed by atoms with Crippen molar-refractivity contribution in [2.75, 3.05) is 18.8 Å². The number of phenolic OH excluding ortho intramolecular Hbond substituents is 1. The number of benzene rings is 1. The number of carboxylic acids is 2. The van der Waals surface area contributed by atoms with Crippen LogP contribution in [0.5, 0.6) is 5.75 Å². The lowest BCUT2D eigenvalue weighted by molar-refractivity contribution is -0.134. The maximum atomic E-state index is 10.5. The first-order valence-electron chi connectivity index (χ1n) is 10.2. The molecular weight excluding hydrogens is 390 g/mol. The number of aliphatic carboxylic acids is 2. The molecule has 7 heteroatoms. The number of carboxylic acid groups (broad SMARTS) is 2. The molecule has 29 heavy (non-hydrogen) atoms. The first-order chi connectivity index (χ1) is 13.8. The molecule has 3 N–H and O–H groups in total. The Bertz CT molecular complexity index is 683. The Labute approximate surface area is 177 Å². The minimum absolute atomic E-state index is 0.551. The van der Waals surface area contributed by atoms with Gasteiger partial charge in [-0.3, -0.25) is 4.90 Å². The van der Waals surface area contributed by atoms with Gasteiger partial charge in [0.05, 0.1) is 4.90 Å². The van der Waals surface area contributed by atoms with Crippen molar-refractivity contribution >= 4 is 23.7 Å². The zero-order chi connectivity index (χ0) is 21.8. The molecule has 0 bridgehead atoms. The van der Waals surface area contributed by atoms with Crippen LogP contribution in [0.25, 0.3) is 0 Å². The molecule has 0 amide bonds. The van der Waals surface area contributed by atoms with Gasteiger partial charge < -0.3 is 15.3 Å². The molecule has 0 aromatic heterocycles. The van der Waals surface area contributed by atoms with E-state index in [1.165, 1.54) is 31.5 Å². The van der Waals surface area contributed by atoms with Crippen LogP contribution in [0.3, 0.4) is 0 Å². The van der Waals surface area contributed by atoms with Crippen LogP contribution in [0.1, 0.15) is 51.2 Å². The Kier molecular flexibility index (Phi) is 11.5. The lowest BCUT2D eigenvalue weighted by Gasteiger charge is -2.35. The van der Waals surface area contributed by atoms with Crippen molar-refractivity contribution in [1.82, 2.24) is 4.90 Å². The molecule has 1 aromatic rings. The van der Waals surface area contributed by atoms with Crippen molar-refractivity contribution in [2.45, 2.75) is 63.8 Å². The van der Waals surface area contributed by atoms with Gasteiger partial charge in [-0.2, -0.15) is 0 Å². The summed E-state index contributed by atoms with van der Waals surface area (Å²) in [7, 11) is 0. The minimum atomic E-state index is -1.26.